The van der Waals surface area contributed by atoms with Gasteiger partial charge in [0, 0.05) is 37.9 Å². The standard InChI is InChI=1S/C50H38N.C11H8N.Ir/c1-48(2)43-27-24-36(47-21-9-10-28-51-47)31-46(43)49(3,4)50(48)44-29-34(39-19-11-15-32-13-5-7-17-37(32)39)22-25-41(44)42-26-23-35(30-45(42)50)40-20-12-16-33-14-6-8-18-38(33)40;1-2-6-10(7-3-1)11-8-4-5-9-12-11;/h5-23,25-31H,1-4H3;1-6,8-9H;/q2*-1;. The van der Waals surface area contributed by atoms with Crippen LogP contribution in [-0.2, 0) is 36.4 Å². The van der Waals surface area contributed by atoms with Gasteiger partial charge in [0.2, 0.25) is 0 Å². The maximum Gasteiger partial charge on any atom is 0.0303 e. The summed E-state index contributed by atoms with van der Waals surface area (Å²) in [6, 6.07) is 76.8. The molecule has 2 aliphatic rings. The molecule has 0 atom stereocenters. The molecule has 0 unspecified atom stereocenters. The van der Waals surface area contributed by atoms with E-state index in [-0.39, 0.29) is 36.4 Å². The molecule has 0 saturated carbocycles. The summed E-state index contributed by atoms with van der Waals surface area (Å²) < 4.78 is 0. The van der Waals surface area contributed by atoms with Gasteiger partial charge in [0.15, 0.2) is 0 Å². The fourth-order valence-electron chi connectivity index (χ4n) is 11.4. The number of pyridine rings is 2. The van der Waals surface area contributed by atoms with Crippen LogP contribution in [0.25, 0.3) is 77.4 Å². The largest absolute Gasteiger partial charge is 0.305 e. The summed E-state index contributed by atoms with van der Waals surface area (Å²) in [7, 11) is 0. The Labute approximate surface area is 390 Å². The Kier molecular flexibility index (Phi) is 10.4. The quantitative estimate of drug-likeness (QED) is 0.164. The minimum atomic E-state index is -0.370. The van der Waals surface area contributed by atoms with E-state index in [4.69, 9.17) is 4.98 Å². The molecule has 64 heavy (non-hydrogen) atoms. The number of hydrogen-bond acceptors (Lipinski definition) is 2. The molecular weight excluding hydrogens is 953 g/mol. The van der Waals surface area contributed by atoms with Crippen molar-refractivity contribution in [2.45, 2.75) is 43.9 Å². The van der Waals surface area contributed by atoms with Gasteiger partial charge < -0.3 is 9.97 Å². The van der Waals surface area contributed by atoms with Crippen LogP contribution in [-0.4, -0.2) is 9.97 Å². The first-order valence-corrected chi connectivity index (χ1v) is 21.9. The van der Waals surface area contributed by atoms with Crippen LogP contribution in [0.5, 0.6) is 0 Å². The van der Waals surface area contributed by atoms with Crippen molar-refractivity contribution in [3.05, 3.63) is 241 Å². The van der Waals surface area contributed by atoms with E-state index in [1.807, 2.05) is 54.7 Å². The first kappa shape index (κ1) is 41.3. The van der Waals surface area contributed by atoms with E-state index in [1.54, 1.807) is 6.20 Å². The predicted molar refractivity (Wildman–Crippen MR) is 262 cm³/mol. The Hall–Kier alpha value is -6.77. The Bertz CT molecular complexity index is 3160. The van der Waals surface area contributed by atoms with E-state index in [0.717, 1.165) is 22.5 Å². The third-order valence-corrected chi connectivity index (χ3v) is 14.1. The van der Waals surface area contributed by atoms with E-state index < -0.39 is 0 Å². The Morgan fingerprint density at radius 3 is 1.42 bits per heavy atom. The van der Waals surface area contributed by atoms with Gasteiger partial charge >= 0.3 is 0 Å². The molecule has 2 aliphatic carbocycles. The summed E-state index contributed by atoms with van der Waals surface area (Å²) in [5.74, 6) is 0. The maximum atomic E-state index is 4.73. The average Bonchev–Trinajstić information content (AvgIpc) is 3.72. The average molecular weight is 999 g/mol. The monoisotopic (exact) mass is 999 g/mol. The fourth-order valence-corrected chi connectivity index (χ4v) is 11.4. The Morgan fingerprint density at radius 1 is 0.391 bits per heavy atom. The number of rotatable bonds is 4. The van der Waals surface area contributed by atoms with E-state index in [0.29, 0.717) is 0 Å². The number of nitrogens with zero attached hydrogens (tertiary/aromatic N) is 2. The van der Waals surface area contributed by atoms with Gasteiger partial charge in [0.05, 0.1) is 0 Å². The van der Waals surface area contributed by atoms with Crippen molar-refractivity contribution in [3.63, 3.8) is 0 Å². The van der Waals surface area contributed by atoms with Crippen molar-refractivity contribution in [1.29, 1.82) is 0 Å². The van der Waals surface area contributed by atoms with Gasteiger partial charge in [-0.2, -0.15) is 0 Å². The van der Waals surface area contributed by atoms with E-state index >= 15 is 0 Å². The zero-order valence-electron chi connectivity index (χ0n) is 36.4. The van der Waals surface area contributed by atoms with E-state index in [2.05, 4.69) is 190 Å². The topological polar surface area (TPSA) is 25.8 Å². The van der Waals surface area contributed by atoms with Gasteiger partial charge in [-0.15, -0.1) is 70.8 Å². The van der Waals surface area contributed by atoms with Gasteiger partial charge in [0.1, 0.15) is 0 Å². The van der Waals surface area contributed by atoms with E-state index in [1.165, 1.54) is 77.2 Å². The van der Waals surface area contributed by atoms with Crippen LogP contribution < -0.4 is 0 Å². The molecule has 2 heterocycles. The minimum Gasteiger partial charge on any atom is -0.305 e. The molecule has 12 rings (SSSR count). The number of hydrogen-bond donors (Lipinski definition) is 0. The summed E-state index contributed by atoms with van der Waals surface area (Å²) in [5, 5.41) is 5.09. The van der Waals surface area contributed by atoms with E-state index in [9.17, 15) is 0 Å². The second-order valence-corrected chi connectivity index (χ2v) is 18.0. The van der Waals surface area contributed by atoms with Crippen molar-refractivity contribution in [1.82, 2.24) is 9.97 Å². The van der Waals surface area contributed by atoms with Crippen molar-refractivity contribution in [2.24, 2.45) is 0 Å². The Morgan fingerprint density at radius 2 is 0.891 bits per heavy atom. The number of benzene rings is 8. The van der Waals surface area contributed by atoms with Crippen molar-refractivity contribution in [3.8, 4) is 55.9 Å². The van der Waals surface area contributed by atoms with Crippen LogP contribution in [0.4, 0.5) is 0 Å². The molecule has 0 fully saturated rings. The molecule has 2 nitrogen and oxygen atoms in total. The SMILES string of the molecule is CC1(C)c2c[c-]c(-c3ccccn3)cc2C(C)(C)C12c1cc(-c3cccc4ccccc34)ccc1-c1ccc(-c3cccc4ccccc34)cc12.[Ir].[c-]1ccccc1-c1ccccn1. The minimum absolute atomic E-state index is 0. The first-order chi connectivity index (χ1) is 30.8. The van der Waals surface area contributed by atoms with Crippen molar-refractivity contribution >= 4 is 21.5 Å². The van der Waals surface area contributed by atoms with Gasteiger partial charge in [-0.25, -0.2) is 0 Å². The predicted octanol–water partition coefficient (Wildman–Crippen LogP) is 15.3. The maximum absolute atomic E-state index is 4.73. The summed E-state index contributed by atoms with van der Waals surface area (Å²) >= 11 is 0. The van der Waals surface area contributed by atoms with Crippen molar-refractivity contribution in [2.75, 3.05) is 0 Å². The molecule has 0 bridgehead atoms. The summed E-state index contributed by atoms with van der Waals surface area (Å²) in [4.78, 5) is 8.95. The fraction of sp³-hybridized carbons (Fsp3) is 0.115. The second-order valence-electron chi connectivity index (χ2n) is 18.0. The molecule has 2 aromatic heterocycles. The van der Waals surface area contributed by atoms with Crippen LogP contribution in [0.1, 0.15) is 49.9 Å². The van der Waals surface area contributed by atoms with Crippen LogP contribution in [0.2, 0.25) is 0 Å². The molecule has 0 amide bonds. The molecule has 8 aromatic carbocycles. The molecule has 1 radical (unpaired) electrons. The molecule has 0 aliphatic heterocycles. The summed E-state index contributed by atoms with van der Waals surface area (Å²) in [5.41, 5.74) is 16.4. The molecule has 3 heteroatoms. The normalized spacial score (nSPS) is 14.5. The third-order valence-electron chi connectivity index (χ3n) is 14.1. The molecule has 1 spiro atoms. The molecule has 0 N–H and O–H groups in total. The van der Waals surface area contributed by atoms with Crippen molar-refractivity contribution < 1.29 is 20.1 Å². The van der Waals surface area contributed by atoms with Gasteiger partial charge in [-0.1, -0.05) is 161 Å². The van der Waals surface area contributed by atoms with Gasteiger partial charge in [-0.05, 0) is 113 Å². The second kappa shape index (κ2) is 16.1. The first-order valence-electron chi connectivity index (χ1n) is 21.9. The zero-order chi connectivity index (χ0) is 42.8. The smallest absolute Gasteiger partial charge is 0.0303 e. The number of aromatic nitrogens is 2. The van der Waals surface area contributed by atoms with Crippen LogP contribution >= 0.6 is 0 Å². The van der Waals surface area contributed by atoms with Gasteiger partial charge in [0.25, 0.3) is 0 Å². The number of fused-ring (bicyclic) bond motifs is 8. The molecular formula is C61H46IrN2-2. The van der Waals surface area contributed by atoms with Gasteiger partial charge in [-0.3, -0.25) is 0 Å². The van der Waals surface area contributed by atoms with Crippen LogP contribution in [0.3, 0.4) is 0 Å². The third kappa shape index (κ3) is 6.33. The van der Waals surface area contributed by atoms with Crippen LogP contribution in [0, 0.1) is 12.1 Å². The Balaban J connectivity index is 0.000000323. The molecule has 10 aromatic rings. The molecule has 311 valence electrons. The molecule has 0 saturated heterocycles. The van der Waals surface area contributed by atoms with Crippen LogP contribution in [0.15, 0.2) is 207 Å². The summed E-state index contributed by atoms with van der Waals surface area (Å²) in [6.07, 6.45) is 3.66. The zero-order valence-corrected chi connectivity index (χ0v) is 38.8. The summed E-state index contributed by atoms with van der Waals surface area (Å²) in [6.45, 7) is 9.92.